The maximum atomic E-state index is 11.2. The highest BCUT2D eigenvalue weighted by molar-refractivity contribution is 5.81. The average Bonchev–Trinajstić information content (AvgIpc) is 2.86. The number of hydrogen-bond donors (Lipinski definition) is 0. The molecule has 2 aliphatic carbocycles. The van der Waals surface area contributed by atoms with Gasteiger partial charge in [0.2, 0.25) is 0 Å². The maximum Gasteiger partial charge on any atom is 0.330 e. The van der Waals surface area contributed by atoms with Crippen LogP contribution >= 0.6 is 0 Å². The second kappa shape index (κ2) is 4.82. The Labute approximate surface area is 91.7 Å². The highest BCUT2D eigenvalue weighted by atomic mass is 16.5. The van der Waals surface area contributed by atoms with Crippen molar-refractivity contribution in [1.82, 2.24) is 0 Å². The predicted molar refractivity (Wildman–Crippen MR) is 59.4 cm³/mol. The van der Waals surface area contributed by atoms with Crippen molar-refractivity contribution in [2.75, 3.05) is 0 Å². The van der Waals surface area contributed by atoms with E-state index in [2.05, 4.69) is 6.58 Å². The van der Waals surface area contributed by atoms with Crippen LogP contribution in [0.3, 0.4) is 0 Å². The molecule has 0 heterocycles. The molecule has 84 valence electrons. The van der Waals surface area contributed by atoms with E-state index in [9.17, 15) is 4.79 Å². The summed E-state index contributed by atoms with van der Waals surface area (Å²) >= 11 is 0. The van der Waals surface area contributed by atoms with Crippen LogP contribution in [0.4, 0.5) is 0 Å². The minimum Gasteiger partial charge on any atom is -0.459 e. The van der Waals surface area contributed by atoms with E-state index >= 15 is 0 Å². The molecule has 2 heteroatoms. The topological polar surface area (TPSA) is 26.3 Å². The van der Waals surface area contributed by atoms with Crippen molar-refractivity contribution in [3.05, 3.63) is 12.7 Å². The quantitative estimate of drug-likeness (QED) is 0.526. The Morgan fingerprint density at radius 3 is 2.53 bits per heavy atom. The fourth-order valence-electron chi connectivity index (χ4n) is 3.22. The van der Waals surface area contributed by atoms with Crippen molar-refractivity contribution in [2.45, 2.75) is 51.0 Å². The summed E-state index contributed by atoms with van der Waals surface area (Å²) in [6, 6.07) is 0. The van der Waals surface area contributed by atoms with Crippen LogP contribution in [0.25, 0.3) is 0 Å². The second-order valence-electron chi connectivity index (χ2n) is 4.82. The Morgan fingerprint density at radius 1 is 1.13 bits per heavy atom. The SMILES string of the molecule is C=CC(=O)OC1CCCC1C1CCCC1. The lowest BCUT2D eigenvalue weighted by atomic mass is 9.88. The normalized spacial score (nSPS) is 31.7. The lowest BCUT2D eigenvalue weighted by Crippen LogP contribution is -2.26. The first-order chi connectivity index (χ1) is 7.31. The van der Waals surface area contributed by atoms with E-state index < -0.39 is 0 Å². The van der Waals surface area contributed by atoms with Crippen LogP contribution in [0.1, 0.15) is 44.9 Å². The number of esters is 1. The third-order valence-corrected chi connectivity index (χ3v) is 3.94. The highest BCUT2D eigenvalue weighted by Gasteiger charge is 2.36. The Balaban J connectivity index is 1.92. The van der Waals surface area contributed by atoms with Gasteiger partial charge in [-0.25, -0.2) is 4.79 Å². The summed E-state index contributed by atoms with van der Waals surface area (Å²) in [7, 11) is 0. The molecule has 0 bridgehead atoms. The lowest BCUT2D eigenvalue weighted by Gasteiger charge is -2.24. The highest BCUT2D eigenvalue weighted by Crippen LogP contribution is 2.41. The number of ether oxygens (including phenoxy) is 1. The van der Waals surface area contributed by atoms with Gasteiger partial charge >= 0.3 is 5.97 Å². The van der Waals surface area contributed by atoms with Gasteiger partial charge < -0.3 is 4.74 Å². The van der Waals surface area contributed by atoms with Gasteiger partial charge in [0.15, 0.2) is 0 Å². The van der Waals surface area contributed by atoms with Gasteiger partial charge in [0.1, 0.15) is 6.10 Å². The smallest absolute Gasteiger partial charge is 0.330 e. The molecule has 2 aliphatic rings. The maximum absolute atomic E-state index is 11.2. The molecule has 0 radical (unpaired) electrons. The van der Waals surface area contributed by atoms with Crippen molar-refractivity contribution in [1.29, 1.82) is 0 Å². The molecule has 2 fully saturated rings. The second-order valence-corrected chi connectivity index (χ2v) is 4.82. The lowest BCUT2D eigenvalue weighted by molar-refractivity contribution is -0.145. The van der Waals surface area contributed by atoms with Crippen LogP contribution in [0, 0.1) is 11.8 Å². The first-order valence-electron chi connectivity index (χ1n) is 6.14. The molecule has 15 heavy (non-hydrogen) atoms. The van der Waals surface area contributed by atoms with Gasteiger partial charge in [-0.3, -0.25) is 0 Å². The zero-order valence-corrected chi connectivity index (χ0v) is 9.28. The molecule has 2 unspecified atom stereocenters. The molecule has 2 atom stereocenters. The van der Waals surface area contributed by atoms with E-state index in [4.69, 9.17) is 4.74 Å². The standard InChI is InChI=1S/C13H20O2/c1-2-13(14)15-12-9-5-8-11(12)10-6-3-4-7-10/h2,10-12H,1,3-9H2. The van der Waals surface area contributed by atoms with E-state index in [0.717, 1.165) is 12.3 Å². The van der Waals surface area contributed by atoms with E-state index in [1.165, 1.54) is 44.6 Å². The molecule has 0 aromatic heterocycles. The molecule has 2 nitrogen and oxygen atoms in total. The molecule has 2 saturated carbocycles. The molecular weight excluding hydrogens is 188 g/mol. The third-order valence-electron chi connectivity index (χ3n) is 3.94. The summed E-state index contributed by atoms with van der Waals surface area (Å²) in [6.07, 6.45) is 10.4. The van der Waals surface area contributed by atoms with Crippen LogP contribution in [0.2, 0.25) is 0 Å². The zero-order valence-electron chi connectivity index (χ0n) is 9.28. The molecule has 0 amide bonds. The summed E-state index contributed by atoms with van der Waals surface area (Å²) in [4.78, 5) is 11.2. The Kier molecular flexibility index (Phi) is 3.45. The van der Waals surface area contributed by atoms with Crippen molar-refractivity contribution < 1.29 is 9.53 Å². The van der Waals surface area contributed by atoms with Gasteiger partial charge in [-0.2, -0.15) is 0 Å². The van der Waals surface area contributed by atoms with Crippen molar-refractivity contribution in [2.24, 2.45) is 11.8 Å². The molecule has 0 aliphatic heterocycles. The van der Waals surface area contributed by atoms with Crippen molar-refractivity contribution in [3.8, 4) is 0 Å². The summed E-state index contributed by atoms with van der Waals surface area (Å²) < 4.78 is 5.43. The van der Waals surface area contributed by atoms with Gasteiger partial charge in [-0.15, -0.1) is 0 Å². The number of carbonyl (C=O) groups excluding carboxylic acids is 1. The number of hydrogen-bond acceptors (Lipinski definition) is 2. The number of rotatable bonds is 3. The summed E-state index contributed by atoms with van der Waals surface area (Å²) in [5.41, 5.74) is 0. The Bertz CT molecular complexity index is 241. The zero-order chi connectivity index (χ0) is 10.7. The minimum absolute atomic E-state index is 0.179. The van der Waals surface area contributed by atoms with Gasteiger partial charge in [-0.1, -0.05) is 32.3 Å². The molecule has 0 spiro atoms. The van der Waals surface area contributed by atoms with E-state index in [0.29, 0.717) is 5.92 Å². The van der Waals surface area contributed by atoms with Crippen LogP contribution in [0.15, 0.2) is 12.7 Å². The average molecular weight is 208 g/mol. The van der Waals surface area contributed by atoms with Gasteiger partial charge in [-0.05, 0) is 31.1 Å². The van der Waals surface area contributed by atoms with Crippen molar-refractivity contribution >= 4 is 5.97 Å². The predicted octanol–water partition coefficient (Wildman–Crippen LogP) is 3.07. The summed E-state index contributed by atoms with van der Waals surface area (Å²) in [5.74, 6) is 1.21. The van der Waals surface area contributed by atoms with Gasteiger partial charge in [0, 0.05) is 6.08 Å². The molecular formula is C13H20O2. The molecule has 0 saturated heterocycles. The minimum atomic E-state index is -0.245. The van der Waals surface area contributed by atoms with Crippen LogP contribution in [0.5, 0.6) is 0 Å². The molecule has 0 N–H and O–H groups in total. The first-order valence-corrected chi connectivity index (χ1v) is 6.14. The Morgan fingerprint density at radius 2 is 1.87 bits per heavy atom. The van der Waals surface area contributed by atoms with Gasteiger partial charge in [0.05, 0.1) is 0 Å². The Hall–Kier alpha value is -0.790. The van der Waals surface area contributed by atoms with E-state index in [1.54, 1.807) is 0 Å². The summed E-state index contributed by atoms with van der Waals surface area (Å²) in [6.45, 7) is 3.45. The van der Waals surface area contributed by atoms with E-state index in [1.807, 2.05) is 0 Å². The van der Waals surface area contributed by atoms with Gasteiger partial charge in [0.25, 0.3) is 0 Å². The fourth-order valence-corrected chi connectivity index (χ4v) is 3.22. The fraction of sp³-hybridized carbons (Fsp3) is 0.769. The van der Waals surface area contributed by atoms with Crippen molar-refractivity contribution in [3.63, 3.8) is 0 Å². The number of carbonyl (C=O) groups is 1. The molecule has 0 aromatic carbocycles. The van der Waals surface area contributed by atoms with Crippen LogP contribution < -0.4 is 0 Å². The van der Waals surface area contributed by atoms with Crippen LogP contribution in [-0.4, -0.2) is 12.1 Å². The largest absolute Gasteiger partial charge is 0.459 e. The first kappa shape index (κ1) is 10.7. The van der Waals surface area contributed by atoms with Crippen LogP contribution in [-0.2, 0) is 9.53 Å². The molecule has 2 rings (SSSR count). The molecule has 0 aromatic rings. The van der Waals surface area contributed by atoms with E-state index in [-0.39, 0.29) is 12.1 Å². The third kappa shape index (κ3) is 2.42. The monoisotopic (exact) mass is 208 g/mol. The summed E-state index contributed by atoms with van der Waals surface area (Å²) in [5, 5.41) is 0.